The minimum atomic E-state index is -4.46. The molecule has 1 heterocycles. The first kappa shape index (κ1) is 14.1. The van der Waals surface area contributed by atoms with Gasteiger partial charge in [-0.05, 0) is 13.8 Å². The van der Waals surface area contributed by atoms with Crippen LogP contribution in [0.15, 0.2) is 11.2 Å². The number of nitrogens with zero attached hydrogens (tertiary/aromatic N) is 2. The third kappa shape index (κ3) is 3.51. The number of alkyl halides is 3. The molecule has 100 valence electrons. The maximum atomic E-state index is 12.1. The van der Waals surface area contributed by atoms with Gasteiger partial charge < -0.3 is 15.7 Å². The van der Waals surface area contributed by atoms with Crippen LogP contribution < -0.4 is 10.5 Å². The fraction of sp³-hybridized carbons (Fsp3) is 0.400. The number of oxime groups is 1. The third-order valence-electron chi connectivity index (χ3n) is 2.05. The fourth-order valence-corrected chi connectivity index (χ4v) is 1.43. The molecular weight excluding hydrogens is 251 g/mol. The van der Waals surface area contributed by atoms with Crippen LogP contribution in [0.2, 0.25) is 0 Å². The van der Waals surface area contributed by atoms with Crippen LogP contribution in [0.5, 0.6) is 5.75 Å². The number of ether oxygens (including phenoxy) is 1. The lowest BCUT2D eigenvalue weighted by Crippen LogP contribution is -2.23. The van der Waals surface area contributed by atoms with Crippen molar-refractivity contribution in [3.05, 3.63) is 23.0 Å². The lowest BCUT2D eigenvalue weighted by atomic mass is 10.1. The summed E-state index contributed by atoms with van der Waals surface area (Å²) in [6.07, 6.45) is -4.46. The summed E-state index contributed by atoms with van der Waals surface area (Å²) >= 11 is 0. The molecule has 0 saturated carbocycles. The second-order valence-corrected chi connectivity index (χ2v) is 3.61. The molecule has 5 nitrogen and oxygen atoms in total. The van der Waals surface area contributed by atoms with Crippen LogP contribution in [0, 0.1) is 13.8 Å². The van der Waals surface area contributed by atoms with Gasteiger partial charge in [-0.1, -0.05) is 5.16 Å². The highest BCUT2D eigenvalue weighted by atomic mass is 19.4. The summed E-state index contributed by atoms with van der Waals surface area (Å²) in [6, 6.07) is 1.30. The maximum Gasteiger partial charge on any atom is 0.422 e. The molecule has 0 atom stereocenters. The largest absolute Gasteiger partial charge is 0.483 e. The zero-order valence-corrected chi connectivity index (χ0v) is 9.75. The van der Waals surface area contributed by atoms with Gasteiger partial charge in [-0.3, -0.25) is 4.98 Å². The topological polar surface area (TPSA) is 80.7 Å². The molecule has 18 heavy (non-hydrogen) atoms. The molecule has 0 radical (unpaired) electrons. The van der Waals surface area contributed by atoms with Crippen molar-refractivity contribution >= 4 is 5.84 Å². The van der Waals surface area contributed by atoms with Gasteiger partial charge in [0.2, 0.25) is 0 Å². The Bertz CT molecular complexity index is 472. The van der Waals surface area contributed by atoms with Crippen LogP contribution in [0.1, 0.15) is 17.0 Å². The summed E-state index contributed by atoms with van der Waals surface area (Å²) in [5.74, 6) is -0.468. The van der Waals surface area contributed by atoms with Crippen molar-refractivity contribution in [3.63, 3.8) is 0 Å². The molecule has 1 rings (SSSR count). The van der Waals surface area contributed by atoms with Gasteiger partial charge in [0, 0.05) is 11.8 Å². The second kappa shape index (κ2) is 5.11. The van der Waals surface area contributed by atoms with E-state index in [9.17, 15) is 13.2 Å². The van der Waals surface area contributed by atoms with E-state index < -0.39 is 12.8 Å². The molecule has 0 spiro atoms. The van der Waals surface area contributed by atoms with E-state index in [4.69, 9.17) is 10.9 Å². The summed E-state index contributed by atoms with van der Waals surface area (Å²) < 4.78 is 41.0. The van der Waals surface area contributed by atoms with Crippen molar-refractivity contribution < 1.29 is 23.1 Å². The normalized spacial score (nSPS) is 12.6. The van der Waals surface area contributed by atoms with E-state index in [2.05, 4.69) is 14.9 Å². The zero-order valence-electron chi connectivity index (χ0n) is 9.75. The highest BCUT2D eigenvalue weighted by molar-refractivity contribution is 6.00. The Morgan fingerprint density at radius 1 is 1.50 bits per heavy atom. The smallest absolute Gasteiger partial charge is 0.422 e. The fourth-order valence-electron chi connectivity index (χ4n) is 1.43. The van der Waals surface area contributed by atoms with E-state index in [1.165, 1.54) is 13.0 Å². The van der Waals surface area contributed by atoms with Crippen molar-refractivity contribution in [2.24, 2.45) is 10.9 Å². The van der Waals surface area contributed by atoms with Crippen LogP contribution in [0.25, 0.3) is 0 Å². The number of rotatable bonds is 3. The molecule has 1 aromatic heterocycles. The highest BCUT2D eigenvalue weighted by Crippen LogP contribution is 2.24. The Morgan fingerprint density at radius 3 is 2.61 bits per heavy atom. The van der Waals surface area contributed by atoms with E-state index in [0.29, 0.717) is 11.4 Å². The van der Waals surface area contributed by atoms with Crippen molar-refractivity contribution in [2.75, 3.05) is 6.61 Å². The molecule has 0 aliphatic carbocycles. The van der Waals surface area contributed by atoms with Gasteiger partial charge in [0.15, 0.2) is 12.4 Å². The van der Waals surface area contributed by atoms with Gasteiger partial charge in [0.1, 0.15) is 5.75 Å². The van der Waals surface area contributed by atoms with E-state index in [0.717, 1.165) is 0 Å². The zero-order chi connectivity index (χ0) is 13.9. The molecule has 0 unspecified atom stereocenters. The number of aromatic nitrogens is 1. The number of aryl methyl sites for hydroxylation is 2. The summed E-state index contributed by atoms with van der Waals surface area (Å²) in [6.45, 7) is 1.67. The maximum absolute atomic E-state index is 12.1. The summed E-state index contributed by atoms with van der Waals surface area (Å²) in [7, 11) is 0. The molecule has 0 bridgehead atoms. The van der Waals surface area contributed by atoms with Gasteiger partial charge in [0.25, 0.3) is 0 Å². The third-order valence-corrected chi connectivity index (χ3v) is 2.05. The van der Waals surface area contributed by atoms with Gasteiger partial charge in [-0.15, -0.1) is 0 Å². The molecule has 1 aromatic rings. The predicted molar refractivity (Wildman–Crippen MR) is 57.8 cm³/mol. The van der Waals surface area contributed by atoms with Crippen LogP contribution in [-0.2, 0) is 0 Å². The number of hydrogen-bond donors (Lipinski definition) is 2. The molecule has 0 saturated heterocycles. The second-order valence-electron chi connectivity index (χ2n) is 3.61. The van der Waals surface area contributed by atoms with E-state index in [1.54, 1.807) is 6.92 Å². The molecule has 8 heteroatoms. The molecular formula is C10H12F3N3O2. The van der Waals surface area contributed by atoms with Crippen molar-refractivity contribution in [1.82, 2.24) is 4.98 Å². The number of hydrogen-bond acceptors (Lipinski definition) is 4. The van der Waals surface area contributed by atoms with Crippen LogP contribution in [0.3, 0.4) is 0 Å². The summed E-state index contributed by atoms with van der Waals surface area (Å²) in [5, 5.41) is 11.3. The standard InChI is InChI=1S/C10H12F3N3O2/c1-5-3-7(18-4-10(11,12)13)8(6(2)15-5)9(14)16-17/h3,17H,4H2,1-2H3,(H2,14,16). The SMILES string of the molecule is Cc1cc(OCC(F)(F)F)c(/C(N)=N/O)c(C)n1. The van der Waals surface area contributed by atoms with Gasteiger partial charge in [0.05, 0.1) is 11.3 Å². The minimum absolute atomic E-state index is 0.0485. The molecule has 3 N–H and O–H groups in total. The monoisotopic (exact) mass is 263 g/mol. The Morgan fingerprint density at radius 2 is 2.11 bits per heavy atom. The molecule has 0 amide bonds. The molecule has 0 aliphatic heterocycles. The first-order valence-electron chi connectivity index (χ1n) is 4.90. The van der Waals surface area contributed by atoms with Gasteiger partial charge in [-0.2, -0.15) is 13.2 Å². The van der Waals surface area contributed by atoms with Crippen LogP contribution in [0.4, 0.5) is 13.2 Å². The predicted octanol–water partition coefficient (Wildman–Crippen LogP) is 1.73. The number of halogens is 3. The molecule has 0 aliphatic rings. The van der Waals surface area contributed by atoms with E-state index in [-0.39, 0.29) is 17.1 Å². The van der Waals surface area contributed by atoms with Gasteiger partial charge >= 0.3 is 6.18 Å². The lowest BCUT2D eigenvalue weighted by Gasteiger charge is -2.14. The minimum Gasteiger partial charge on any atom is -0.483 e. The average Bonchev–Trinajstić information content (AvgIpc) is 2.23. The first-order valence-corrected chi connectivity index (χ1v) is 4.90. The summed E-state index contributed by atoms with van der Waals surface area (Å²) in [5.41, 5.74) is 6.23. The van der Waals surface area contributed by atoms with Crippen molar-refractivity contribution in [2.45, 2.75) is 20.0 Å². The number of pyridine rings is 1. The first-order chi connectivity index (χ1) is 8.24. The lowest BCUT2D eigenvalue weighted by molar-refractivity contribution is -0.153. The number of amidine groups is 1. The van der Waals surface area contributed by atoms with Crippen molar-refractivity contribution in [1.29, 1.82) is 0 Å². The average molecular weight is 263 g/mol. The Balaban J connectivity index is 3.16. The summed E-state index contributed by atoms with van der Waals surface area (Å²) in [4.78, 5) is 4.01. The molecule has 0 fully saturated rings. The van der Waals surface area contributed by atoms with Crippen molar-refractivity contribution in [3.8, 4) is 5.75 Å². The number of nitrogens with two attached hydrogens (primary N) is 1. The quantitative estimate of drug-likeness (QED) is 0.376. The van der Waals surface area contributed by atoms with Crippen LogP contribution >= 0.6 is 0 Å². The van der Waals surface area contributed by atoms with E-state index >= 15 is 0 Å². The van der Waals surface area contributed by atoms with E-state index in [1.807, 2.05) is 0 Å². The van der Waals surface area contributed by atoms with Crippen LogP contribution in [-0.4, -0.2) is 28.8 Å². The molecule has 0 aromatic carbocycles. The Kier molecular flexibility index (Phi) is 4.00. The Labute approximate surface area is 101 Å². The Hall–Kier alpha value is -1.99. The van der Waals surface area contributed by atoms with Gasteiger partial charge in [-0.25, -0.2) is 0 Å². The highest BCUT2D eigenvalue weighted by Gasteiger charge is 2.29.